The van der Waals surface area contributed by atoms with E-state index in [4.69, 9.17) is 11.5 Å². The third-order valence-corrected chi connectivity index (χ3v) is 1.63. The third kappa shape index (κ3) is 3.18. The zero-order valence-corrected chi connectivity index (χ0v) is 7.62. The third-order valence-electron chi connectivity index (χ3n) is 1.63. The van der Waals surface area contributed by atoms with Crippen molar-refractivity contribution in [3.63, 3.8) is 0 Å². The molecule has 0 radical (unpaired) electrons. The fraction of sp³-hybridized carbons (Fsp3) is 0.273. The molecule has 1 atom stereocenters. The minimum Gasteiger partial charge on any atom is -0.392 e. The molecule has 0 unspecified atom stereocenters. The van der Waals surface area contributed by atoms with Crippen LogP contribution in [-0.2, 0) is 0 Å². The van der Waals surface area contributed by atoms with Gasteiger partial charge in [0, 0.05) is 17.8 Å². The van der Waals surface area contributed by atoms with Crippen molar-refractivity contribution in [2.24, 2.45) is 0 Å². The van der Waals surface area contributed by atoms with Crippen LogP contribution in [0.4, 0.5) is 5.69 Å². The molecule has 0 aliphatic carbocycles. The first-order chi connectivity index (χ1) is 6.22. The highest BCUT2D eigenvalue weighted by molar-refractivity contribution is 5.49. The van der Waals surface area contributed by atoms with Crippen molar-refractivity contribution in [2.75, 3.05) is 11.9 Å². The van der Waals surface area contributed by atoms with Crippen LogP contribution in [0.25, 0.3) is 0 Å². The molecule has 0 spiro atoms. The second kappa shape index (κ2) is 4.54. The summed E-state index contributed by atoms with van der Waals surface area (Å²) in [5, 5.41) is 12.1. The molecule has 1 rings (SSSR count). The van der Waals surface area contributed by atoms with Crippen LogP contribution >= 0.6 is 0 Å². The molecule has 13 heavy (non-hydrogen) atoms. The predicted molar refractivity (Wildman–Crippen MR) is 54.5 cm³/mol. The molecule has 68 valence electrons. The Bertz CT molecular complexity index is 312. The summed E-state index contributed by atoms with van der Waals surface area (Å²) in [4.78, 5) is 0. The van der Waals surface area contributed by atoms with Gasteiger partial charge in [0.25, 0.3) is 0 Å². The van der Waals surface area contributed by atoms with Crippen molar-refractivity contribution in [1.29, 1.82) is 0 Å². The number of aliphatic hydroxyl groups is 1. The fourth-order valence-electron chi connectivity index (χ4n) is 0.984. The number of terminal acetylenes is 1. The number of anilines is 1. The molecule has 0 aliphatic rings. The Hall–Kier alpha value is -1.46. The summed E-state index contributed by atoms with van der Waals surface area (Å²) in [6.07, 6.45) is 4.90. The molecular weight excluding hydrogens is 162 g/mol. The molecule has 2 N–H and O–H groups in total. The van der Waals surface area contributed by atoms with E-state index in [0.717, 1.165) is 11.3 Å². The molecule has 1 aromatic rings. The normalized spacial score (nSPS) is 11.8. The predicted octanol–water partition coefficient (Wildman–Crippen LogP) is 1.46. The summed E-state index contributed by atoms with van der Waals surface area (Å²) in [6.45, 7) is 2.27. The maximum Gasteiger partial charge on any atom is 0.0684 e. The van der Waals surface area contributed by atoms with Gasteiger partial charge >= 0.3 is 0 Å². The summed E-state index contributed by atoms with van der Waals surface area (Å²) in [6, 6.07) is 7.55. The van der Waals surface area contributed by atoms with Crippen LogP contribution < -0.4 is 5.32 Å². The maximum absolute atomic E-state index is 9.04. The lowest BCUT2D eigenvalue weighted by atomic mass is 10.2. The zero-order chi connectivity index (χ0) is 9.68. The van der Waals surface area contributed by atoms with E-state index < -0.39 is 0 Å². The molecule has 0 amide bonds. The van der Waals surface area contributed by atoms with E-state index in [0.29, 0.717) is 6.54 Å². The van der Waals surface area contributed by atoms with E-state index in [-0.39, 0.29) is 6.10 Å². The van der Waals surface area contributed by atoms with Gasteiger partial charge < -0.3 is 10.4 Å². The Labute approximate surface area is 78.6 Å². The van der Waals surface area contributed by atoms with Crippen molar-refractivity contribution < 1.29 is 5.11 Å². The van der Waals surface area contributed by atoms with Gasteiger partial charge in [0.1, 0.15) is 0 Å². The van der Waals surface area contributed by atoms with Gasteiger partial charge in [0.15, 0.2) is 0 Å². The second-order valence-electron chi connectivity index (χ2n) is 2.96. The van der Waals surface area contributed by atoms with E-state index in [1.54, 1.807) is 6.92 Å². The lowest BCUT2D eigenvalue weighted by Crippen LogP contribution is -2.15. The molecule has 2 nitrogen and oxygen atoms in total. The van der Waals surface area contributed by atoms with Gasteiger partial charge in [0.05, 0.1) is 6.10 Å². The van der Waals surface area contributed by atoms with Crippen molar-refractivity contribution in [3.05, 3.63) is 29.8 Å². The van der Waals surface area contributed by atoms with Crippen LogP contribution in [0.2, 0.25) is 0 Å². The minimum atomic E-state index is -0.352. The van der Waals surface area contributed by atoms with E-state index in [2.05, 4.69) is 11.2 Å². The van der Waals surface area contributed by atoms with Gasteiger partial charge in [-0.2, -0.15) is 0 Å². The van der Waals surface area contributed by atoms with Crippen LogP contribution in [0.3, 0.4) is 0 Å². The molecule has 1 aromatic carbocycles. The lowest BCUT2D eigenvalue weighted by molar-refractivity contribution is 0.208. The highest BCUT2D eigenvalue weighted by Gasteiger charge is 1.95. The smallest absolute Gasteiger partial charge is 0.0684 e. The Kier molecular flexibility index (Phi) is 3.36. The van der Waals surface area contributed by atoms with E-state index in [1.807, 2.05) is 24.3 Å². The summed E-state index contributed by atoms with van der Waals surface area (Å²) in [7, 11) is 0. The Morgan fingerprint density at radius 2 is 2.38 bits per heavy atom. The second-order valence-corrected chi connectivity index (χ2v) is 2.96. The van der Waals surface area contributed by atoms with Crippen molar-refractivity contribution in [2.45, 2.75) is 13.0 Å². The first-order valence-electron chi connectivity index (χ1n) is 4.21. The van der Waals surface area contributed by atoms with Crippen LogP contribution in [0.15, 0.2) is 24.3 Å². The molecule has 0 fully saturated rings. The molecular formula is C11H13NO. The van der Waals surface area contributed by atoms with E-state index >= 15 is 0 Å². The Morgan fingerprint density at radius 1 is 1.62 bits per heavy atom. The lowest BCUT2D eigenvalue weighted by Gasteiger charge is -2.08. The average Bonchev–Trinajstić information content (AvgIpc) is 2.15. The average molecular weight is 175 g/mol. The number of aliphatic hydroxyl groups excluding tert-OH is 1. The first kappa shape index (κ1) is 9.63. The van der Waals surface area contributed by atoms with Crippen LogP contribution in [0.5, 0.6) is 0 Å². The molecule has 0 aliphatic heterocycles. The first-order valence-corrected chi connectivity index (χ1v) is 4.21. The summed E-state index contributed by atoms with van der Waals surface area (Å²) in [5.74, 6) is 2.55. The van der Waals surface area contributed by atoms with Gasteiger partial charge in [-0.05, 0) is 25.1 Å². The highest BCUT2D eigenvalue weighted by Crippen LogP contribution is 2.09. The van der Waals surface area contributed by atoms with Crippen LogP contribution in [0, 0.1) is 12.3 Å². The zero-order valence-electron chi connectivity index (χ0n) is 7.62. The molecule has 0 saturated heterocycles. The van der Waals surface area contributed by atoms with Gasteiger partial charge in [0.2, 0.25) is 0 Å². The monoisotopic (exact) mass is 175 g/mol. The maximum atomic E-state index is 9.04. The number of hydrogen-bond donors (Lipinski definition) is 2. The fourth-order valence-corrected chi connectivity index (χ4v) is 0.984. The Morgan fingerprint density at radius 3 is 3.00 bits per heavy atom. The molecule has 0 heterocycles. The van der Waals surface area contributed by atoms with E-state index in [9.17, 15) is 0 Å². The number of hydrogen-bond acceptors (Lipinski definition) is 2. The van der Waals surface area contributed by atoms with Crippen molar-refractivity contribution in [3.8, 4) is 12.3 Å². The van der Waals surface area contributed by atoms with Gasteiger partial charge in [-0.15, -0.1) is 6.42 Å². The largest absolute Gasteiger partial charge is 0.392 e. The number of nitrogens with one attached hydrogen (secondary N) is 1. The molecule has 0 saturated carbocycles. The molecule has 2 heteroatoms. The van der Waals surface area contributed by atoms with Gasteiger partial charge in [-0.25, -0.2) is 0 Å². The Balaban J connectivity index is 2.63. The molecule has 0 aromatic heterocycles. The van der Waals surface area contributed by atoms with Crippen molar-refractivity contribution in [1.82, 2.24) is 0 Å². The van der Waals surface area contributed by atoms with E-state index in [1.165, 1.54) is 0 Å². The van der Waals surface area contributed by atoms with Crippen molar-refractivity contribution >= 4 is 5.69 Å². The summed E-state index contributed by atoms with van der Waals surface area (Å²) >= 11 is 0. The topological polar surface area (TPSA) is 32.3 Å². The van der Waals surface area contributed by atoms with Crippen LogP contribution in [-0.4, -0.2) is 17.8 Å². The highest BCUT2D eigenvalue weighted by atomic mass is 16.3. The van der Waals surface area contributed by atoms with Gasteiger partial charge in [-0.1, -0.05) is 12.0 Å². The minimum absolute atomic E-state index is 0.352. The standard InChI is InChI=1S/C11H13NO/c1-3-10-5-4-6-11(7-10)12-8-9(2)13/h1,4-7,9,12-13H,8H2,2H3/t9-/m1/s1. The number of rotatable bonds is 3. The quantitative estimate of drug-likeness (QED) is 0.682. The summed E-state index contributed by atoms with van der Waals surface area (Å²) in [5.41, 5.74) is 1.78. The van der Waals surface area contributed by atoms with Gasteiger partial charge in [-0.3, -0.25) is 0 Å². The van der Waals surface area contributed by atoms with Crippen LogP contribution in [0.1, 0.15) is 12.5 Å². The number of benzene rings is 1. The molecule has 0 bridgehead atoms. The summed E-state index contributed by atoms with van der Waals surface area (Å²) < 4.78 is 0. The SMILES string of the molecule is C#Cc1cccc(NC[C@@H](C)O)c1.